The number of halogens is 2. The summed E-state index contributed by atoms with van der Waals surface area (Å²) in [5.41, 5.74) is 2.20. The number of esters is 1. The SMILES string of the molecule is Cc1cc(-c2cc(C(=O)OC(C)C(=O)Nc3ccc(F)cc3Cl)c3cnn(C(C)C)c3n2)c(C)o1. The lowest BCUT2D eigenvalue weighted by Crippen LogP contribution is -2.30. The molecule has 4 aromatic rings. The average molecular weight is 499 g/mol. The summed E-state index contributed by atoms with van der Waals surface area (Å²) in [7, 11) is 0. The molecule has 0 saturated carbocycles. The summed E-state index contributed by atoms with van der Waals surface area (Å²) in [6.45, 7) is 9.00. The Balaban J connectivity index is 1.66. The number of aryl methyl sites for hydroxylation is 2. The lowest BCUT2D eigenvalue weighted by molar-refractivity contribution is -0.123. The van der Waals surface area contributed by atoms with Crippen molar-refractivity contribution in [1.82, 2.24) is 14.8 Å². The number of anilines is 1. The zero-order valence-electron chi connectivity index (χ0n) is 19.8. The fourth-order valence-corrected chi connectivity index (χ4v) is 3.91. The van der Waals surface area contributed by atoms with E-state index in [4.69, 9.17) is 25.7 Å². The number of furan rings is 1. The number of nitrogens with one attached hydrogen (secondary N) is 1. The molecule has 35 heavy (non-hydrogen) atoms. The van der Waals surface area contributed by atoms with Gasteiger partial charge in [0.1, 0.15) is 17.3 Å². The van der Waals surface area contributed by atoms with E-state index in [2.05, 4.69) is 10.4 Å². The van der Waals surface area contributed by atoms with E-state index in [1.54, 1.807) is 16.9 Å². The van der Waals surface area contributed by atoms with Crippen molar-refractivity contribution < 1.29 is 23.1 Å². The van der Waals surface area contributed by atoms with E-state index in [-0.39, 0.29) is 22.3 Å². The summed E-state index contributed by atoms with van der Waals surface area (Å²) in [5.74, 6) is -0.488. The van der Waals surface area contributed by atoms with E-state index >= 15 is 0 Å². The summed E-state index contributed by atoms with van der Waals surface area (Å²) in [6, 6.07) is 7.02. The Morgan fingerprint density at radius 1 is 1.17 bits per heavy atom. The fourth-order valence-electron chi connectivity index (χ4n) is 3.69. The van der Waals surface area contributed by atoms with Gasteiger partial charge in [0.05, 0.1) is 33.6 Å². The molecule has 0 fully saturated rings. The van der Waals surface area contributed by atoms with Crippen LogP contribution in [0.2, 0.25) is 5.02 Å². The molecular formula is C25H24ClFN4O4. The van der Waals surface area contributed by atoms with Gasteiger partial charge in [-0.15, -0.1) is 0 Å². The maximum Gasteiger partial charge on any atom is 0.339 e. The van der Waals surface area contributed by atoms with Crippen LogP contribution >= 0.6 is 11.6 Å². The molecule has 0 spiro atoms. The van der Waals surface area contributed by atoms with Gasteiger partial charge in [-0.05, 0) is 65.0 Å². The molecule has 4 rings (SSSR count). The molecule has 1 unspecified atom stereocenters. The second-order valence-corrected chi connectivity index (χ2v) is 8.87. The molecule has 0 aliphatic rings. The summed E-state index contributed by atoms with van der Waals surface area (Å²) in [5, 5.41) is 7.46. The van der Waals surface area contributed by atoms with E-state index in [1.165, 1.54) is 19.1 Å². The number of hydrogen-bond acceptors (Lipinski definition) is 6. The van der Waals surface area contributed by atoms with Crippen LogP contribution in [0.5, 0.6) is 0 Å². The number of ether oxygens (including phenoxy) is 1. The molecule has 0 saturated heterocycles. The highest BCUT2D eigenvalue weighted by molar-refractivity contribution is 6.33. The minimum absolute atomic E-state index is 0.00328. The van der Waals surface area contributed by atoms with E-state index in [9.17, 15) is 14.0 Å². The lowest BCUT2D eigenvalue weighted by atomic mass is 10.1. The van der Waals surface area contributed by atoms with Gasteiger partial charge in [0, 0.05) is 11.6 Å². The van der Waals surface area contributed by atoms with Gasteiger partial charge in [0.2, 0.25) is 0 Å². The van der Waals surface area contributed by atoms with Gasteiger partial charge >= 0.3 is 5.97 Å². The number of nitrogens with zero attached hydrogens (tertiary/aromatic N) is 3. The van der Waals surface area contributed by atoms with Crippen LogP contribution in [0.15, 0.2) is 40.9 Å². The largest absolute Gasteiger partial charge is 0.466 e. The zero-order valence-corrected chi connectivity index (χ0v) is 20.6. The van der Waals surface area contributed by atoms with Crippen molar-refractivity contribution in [2.45, 2.75) is 46.8 Å². The maximum absolute atomic E-state index is 13.3. The van der Waals surface area contributed by atoms with Crippen LogP contribution in [0.25, 0.3) is 22.3 Å². The third-order valence-electron chi connectivity index (χ3n) is 5.43. The minimum Gasteiger partial charge on any atom is -0.466 e. The quantitative estimate of drug-likeness (QED) is 0.334. The van der Waals surface area contributed by atoms with E-state index < -0.39 is 23.8 Å². The highest BCUT2D eigenvalue weighted by atomic mass is 35.5. The number of hydrogen-bond donors (Lipinski definition) is 1. The fraction of sp³-hybridized carbons (Fsp3) is 0.280. The summed E-state index contributed by atoms with van der Waals surface area (Å²) in [4.78, 5) is 30.6. The monoisotopic (exact) mass is 498 g/mol. The molecule has 10 heteroatoms. The molecule has 0 bridgehead atoms. The Labute approximate surface area is 206 Å². The Hall–Kier alpha value is -3.72. The number of aromatic nitrogens is 3. The molecule has 0 aliphatic heterocycles. The predicted octanol–water partition coefficient (Wildman–Crippen LogP) is 5.87. The van der Waals surface area contributed by atoms with Gasteiger partial charge in [0.15, 0.2) is 11.8 Å². The number of benzene rings is 1. The van der Waals surface area contributed by atoms with Gasteiger partial charge in [-0.25, -0.2) is 18.9 Å². The number of pyridine rings is 1. The van der Waals surface area contributed by atoms with Gasteiger partial charge in [-0.2, -0.15) is 5.10 Å². The predicted molar refractivity (Wildman–Crippen MR) is 130 cm³/mol. The van der Waals surface area contributed by atoms with Crippen molar-refractivity contribution in [2.24, 2.45) is 0 Å². The Kier molecular flexibility index (Phi) is 6.62. The van der Waals surface area contributed by atoms with Gasteiger partial charge in [-0.1, -0.05) is 11.6 Å². The summed E-state index contributed by atoms with van der Waals surface area (Å²) in [6.07, 6.45) is 0.396. The topological polar surface area (TPSA) is 99.2 Å². The van der Waals surface area contributed by atoms with Crippen LogP contribution in [0.4, 0.5) is 10.1 Å². The van der Waals surface area contributed by atoms with E-state index in [0.717, 1.165) is 11.6 Å². The zero-order chi connectivity index (χ0) is 25.4. The third kappa shape index (κ3) is 4.90. The molecule has 0 aliphatic carbocycles. The molecule has 3 aromatic heterocycles. The summed E-state index contributed by atoms with van der Waals surface area (Å²) >= 11 is 5.98. The first-order chi connectivity index (χ1) is 16.5. The number of carbonyl (C=O) groups is 2. The van der Waals surface area contributed by atoms with Crippen molar-refractivity contribution in [3.63, 3.8) is 0 Å². The van der Waals surface area contributed by atoms with E-state index in [1.807, 2.05) is 33.8 Å². The standard InChI is InChI=1S/C25H24ClFN4O4/c1-12(2)31-23-19(11-28-31)18(10-22(29-23)17-8-13(3)34-14(17)4)25(33)35-15(5)24(32)30-21-7-6-16(27)9-20(21)26/h6-12,15H,1-5H3,(H,30,32). The highest BCUT2D eigenvalue weighted by Crippen LogP contribution is 2.30. The lowest BCUT2D eigenvalue weighted by Gasteiger charge is -2.15. The molecule has 1 amide bonds. The smallest absolute Gasteiger partial charge is 0.339 e. The average Bonchev–Trinajstić information content (AvgIpc) is 3.37. The molecule has 8 nitrogen and oxygen atoms in total. The molecule has 1 atom stereocenters. The molecule has 182 valence electrons. The second-order valence-electron chi connectivity index (χ2n) is 8.46. The molecular weight excluding hydrogens is 475 g/mol. The van der Waals surface area contributed by atoms with Crippen LogP contribution in [-0.2, 0) is 9.53 Å². The molecule has 3 heterocycles. The highest BCUT2D eigenvalue weighted by Gasteiger charge is 2.25. The maximum atomic E-state index is 13.3. The minimum atomic E-state index is -1.16. The number of amides is 1. The number of carbonyl (C=O) groups excluding carboxylic acids is 2. The van der Waals surface area contributed by atoms with Gasteiger partial charge in [0.25, 0.3) is 5.91 Å². The van der Waals surface area contributed by atoms with Crippen LogP contribution in [0, 0.1) is 19.7 Å². The normalized spacial score (nSPS) is 12.2. The first-order valence-corrected chi connectivity index (χ1v) is 11.4. The molecule has 1 aromatic carbocycles. The van der Waals surface area contributed by atoms with Crippen LogP contribution in [0.3, 0.4) is 0 Å². The van der Waals surface area contributed by atoms with E-state index in [0.29, 0.717) is 28.2 Å². The van der Waals surface area contributed by atoms with Gasteiger partial charge < -0.3 is 14.5 Å². The Morgan fingerprint density at radius 3 is 2.54 bits per heavy atom. The van der Waals surface area contributed by atoms with Crippen molar-refractivity contribution in [1.29, 1.82) is 0 Å². The van der Waals surface area contributed by atoms with Crippen molar-refractivity contribution in [2.75, 3.05) is 5.32 Å². The number of fused-ring (bicyclic) bond motifs is 1. The van der Waals surface area contributed by atoms with Crippen LogP contribution in [0.1, 0.15) is 48.7 Å². The Morgan fingerprint density at radius 2 is 1.91 bits per heavy atom. The first-order valence-electron chi connectivity index (χ1n) is 11.0. The molecule has 1 N–H and O–H groups in total. The van der Waals surface area contributed by atoms with Crippen molar-refractivity contribution >= 4 is 40.2 Å². The van der Waals surface area contributed by atoms with Crippen LogP contribution < -0.4 is 5.32 Å². The molecule has 0 radical (unpaired) electrons. The first kappa shape index (κ1) is 24.4. The number of rotatable bonds is 6. The van der Waals surface area contributed by atoms with Crippen molar-refractivity contribution in [3.05, 3.63) is 64.5 Å². The third-order valence-corrected chi connectivity index (χ3v) is 5.75. The van der Waals surface area contributed by atoms with Crippen LogP contribution in [-0.4, -0.2) is 32.7 Å². The second kappa shape index (κ2) is 9.50. The summed E-state index contributed by atoms with van der Waals surface area (Å²) < 4.78 is 26.1. The van der Waals surface area contributed by atoms with Crippen molar-refractivity contribution in [3.8, 4) is 11.3 Å². The Bertz CT molecular complexity index is 1440. The van der Waals surface area contributed by atoms with Gasteiger partial charge in [-0.3, -0.25) is 4.79 Å².